The Labute approximate surface area is 112 Å². The van der Waals surface area contributed by atoms with Crippen LogP contribution in [0.3, 0.4) is 0 Å². The molecule has 1 fully saturated rings. The van der Waals surface area contributed by atoms with Crippen LogP contribution in [0.25, 0.3) is 0 Å². The van der Waals surface area contributed by atoms with Gasteiger partial charge in [0.25, 0.3) is 0 Å². The Balaban J connectivity index is 2.60. The molecule has 0 radical (unpaired) electrons. The van der Waals surface area contributed by atoms with Crippen molar-refractivity contribution in [3.05, 3.63) is 27.2 Å². The molecule has 1 N–H and O–H groups in total. The lowest BCUT2D eigenvalue weighted by atomic mass is 9.87. The normalized spacial score (nSPS) is 24.1. The number of hydrogen-bond acceptors (Lipinski definition) is 2. The van der Waals surface area contributed by atoms with E-state index in [0.717, 1.165) is 23.2 Å². The smallest absolute Gasteiger partial charge is 0.138 e. The topological polar surface area (TPSA) is 21.3 Å². The molecule has 3 heteroatoms. The van der Waals surface area contributed by atoms with Crippen LogP contribution < -0.4 is 10.1 Å². The van der Waals surface area contributed by atoms with Gasteiger partial charge in [-0.1, -0.05) is 6.07 Å². The Hall–Kier alpha value is -0.540. The SMILES string of the molecule is COc1c(C2(C)CCCN2)cc(C)c(C)c1Br. The molecule has 94 valence electrons. The molecule has 0 saturated carbocycles. The third-order valence-corrected chi connectivity index (χ3v) is 4.85. The molecule has 0 aromatic heterocycles. The Morgan fingerprint density at radius 2 is 2.12 bits per heavy atom. The lowest BCUT2D eigenvalue weighted by Crippen LogP contribution is -2.33. The summed E-state index contributed by atoms with van der Waals surface area (Å²) in [6.45, 7) is 7.63. The van der Waals surface area contributed by atoms with E-state index in [0.29, 0.717) is 0 Å². The highest BCUT2D eigenvalue weighted by Gasteiger charge is 2.34. The number of aryl methyl sites for hydroxylation is 1. The van der Waals surface area contributed by atoms with Crippen LogP contribution in [0.15, 0.2) is 10.5 Å². The summed E-state index contributed by atoms with van der Waals surface area (Å²) in [5.41, 5.74) is 3.88. The standard InChI is InChI=1S/C14H20BrNO/c1-9-8-11(14(3)6-5-7-16-14)13(17-4)12(15)10(9)2/h8,16H,5-7H2,1-4H3. The number of nitrogens with one attached hydrogen (secondary N) is 1. The summed E-state index contributed by atoms with van der Waals surface area (Å²) >= 11 is 3.66. The Bertz CT molecular complexity index is 436. The van der Waals surface area contributed by atoms with Crippen LogP contribution in [0.1, 0.15) is 36.5 Å². The predicted molar refractivity (Wildman–Crippen MR) is 74.8 cm³/mol. The van der Waals surface area contributed by atoms with Gasteiger partial charge < -0.3 is 10.1 Å². The first-order chi connectivity index (χ1) is 7.99. The maximum atomic E-state index is 5.60. The fourth-order valence-electron chi connectivity index (χ4n) is 2.59. The molecule has 1 aliphatic heterocycles. The van der Waals surface area contributed by atoms with E-state index in [9.17, 15) is 0 Å². The van der Waals surface area contributed by atoms with Crippen molar-refractivity contribution >= 4 is 15.9 Å². The molecule has 1 atom stereocenters. The van der Waals surface area contributed by atoms with E-state index in [1.165, 1.54) is 23.1 Å². The molecule has 1 aromatic carbocycles. The van der Waals surface area contributed by atoms with Crippen molar-refractivity contribution < 1.29 is 4.74 Å². The highest BCUT2D eigenvalue weighted by atomic mass is 79.9. The first-order valence-electron chi connectivity index (χ1n) is 6.09. The predicted octanol–water partition coefficient (Wildman–Crippen LogP) is 3.67. The van der Waals surface area contributed by atoms with Gasteiger partial charge in [-0.2, -0.15) is 0 Å². The molecule has 17 heavy (non-hydrogen) atoms. The fourth-order valence-corrected chi connectivity index (χ4v) is 3.27. The van der Waals surface area contributed by atoms with Crippen molar-refractivity contribution in [3.63, 3.8) is 0 Å². The van der Waals surface area contributed by atoms with Gasteiger partial charge in [0.15, 0.2) is 0 Å². The van der Waals surface area contributed by atoms with E-state index >= 15 is 0 Å². The van der Waals surface area contributed by atoms with Crippen LogP contribution in [0.4, 0.5) is 0 Å². The second kappa shape index (κ2) is 4.62. The highest BCUT2D eigenvalue weighted by Crippen LogP contribution is 2.42. The Kier molecular flexibility index (Phi) is 3.50. The van der Waals surface area contributed by atoms with E-state index in [1.54, 1.807) is 7.11 Å². The Morgan fingerprint density at radius 3 is 2.65 bits per heavy atom. The van der Waals surface area contributed by atoms with Crippen LogP contribution >= 0.6 is 15.9 Å². The van der Waals surface area contributed by atoms with Gasteiger partial charge in [0, 0.05) is 11.1 Å². The maximum absolute atomic E-state index is 5.60. The summed E-state index contributed by atoms with van der Waals surface area (Å²) in [6, 6.07) is 2.26. The zero-order chi connectivity index (χ0) is 12.6. The number of ether oxygens (including phenoxy) is 1. The van der Waals surface area contributed by atoms with Gasteiger partial charge in [-0.25, -0.2) is 0 Å². The summed E-state index contributed by atoms with van der Waals surface area (Å²) in [7, 11) is 1.75. The van der Waals surface area contributed by atoms with Crippen LogP contribution in [0, 0.1) is 13.8 Å². The number of hydrogen-bond donors (Lipinski definition) is 1. The van der Waals surface area contributed by atoms with Crippen molar-refractivity contribution in [2.24, 2.45) is 0 Å². The molecule has 1 saturated heterocycles. The second-order valence-corrected chi connectivity index (χ2v) is 5.87. The van der Waals surface area contributed by atoms with Crippen molar-refractivity contribution in [2.75, 3.05) is 13.7 Å². The lowest BCUT2D eigenvalue weighted by molar-refractivity contribution is 0.368. The molecule has 2 nitrogen and oxygen atoms in total. The molecule has 0 bridgehead atoms. The van der Waals surface area contributed by atoms with Crippen molar-refractivity contribution in [1.82, 2.24) is 5.32 Å². The summed E-state index contributed by atoms with van der Waals surface area (Å²) < 4.78 is 6.69. The van der Waals surface area contributed by atoms with Crippen molar-refractivity contribution in [3.8, 4) is 5.75 Å². The monoisotopic (exact) mass is 297 g/mol. The van der Waals surface area contributed by atoms with Crippen molar-refractivity contribution in [2.45, 2.75) is 39.2 Å². The van der Waals surface area contributed by atoms with E-state index in [4.69, 9.17) is 4.74 Å². The molecular weight excluding hydrogens is 278 g/mol. The third kappa shape index (κ3) is 2.11. The zero-order valence-electron chi connectivity index (χ0n) is 11.0. The van der Waals surface area contributed by atoms with E-state index in [1.807, 2.05) is 0 Å². The molecule has 0 amide bonds. The lowest BCUT2D eigenvalue weighted by Gasteiger charge is -2.28. The molecule has 1 unspecified atom stereocenters. The molecule has 0 spiro atoms. The van der Waals surface area contributed by atoms with Crippen LogP contribution in [0.2, 0.25) is 0 Å². The van der Waals surface area contributed by atoms with Crippen LogP contribution in [-0.4, -0.2) is 13.7 Å². The van der Waals surface area contributed by atoms with Gasteiger partial charge in [-0.05, 0) is 67.2 Å². The number of halogens is 1. The van der Waals surface area contributed by atoms with Gasteiger partial charge in [-0.3, -0.25) is 0 Å². The average Bonchev–Trinajstić information content (AvgIpc) is 2.74. The van der Waals surface area contributed by atoms with Gasteiger partial charge in [0.1, 0.15) is 5.75 Å². The van der Waals surface area contributed by atoms with E-state index in [-0.39, 0.29) is 5.54 Å². The first-order valence-corrected chi connectivity index (χ1v) is 6.88. The number of benzene rings is 1. The van der Waals surface area contributed by atoms with Gasteiger partial charge in [0.2, 0.25) is 0 Å². The molecule has 2 rings (SSSR count). The average molecular weight is 298 g/mol. The Morgan fingerprint density at radius 1 is 1.41 bits per heavy atom. The minimum absolute atomic E-state index is 0.0479. The third-order valence-electron chi connectivity index (χ3n) is 3.89. The molecule has 1 aliphatic rings. The second-order valence-electron chi connectivity index (χ2n) is 5.08. The summed E-state index contributed by atoms with van der Waals surface area (Å²) in [6.07, 6.45) is 2.39. The minimum atomic E-state index is 0.0479. The molecule has 0 aliphatic carbocycles. The molecular formula is C14H20BrNO. The summed E-state index contributed by atoms with van der Waals surface area (Å²) in [5, 5.41) is 3.60. The number of methoxy groups -OCH3 is 1. The summed E-state index contributed by atoms with van der Waals surface area (Å²) in [5.74, 6) is 0.977. The summed E-state index contributed by atoms with van der Waals surface area (Å²) in [4.78, 5) is 0. The number of rotatable bonds is 2. The quantitative estimate of drug-likeness (QED) is 0.899. The zero-order valence-corrected chi connectivity index (χ0v) is 12.6. The van der Waals surface area contributed by atoms with Gasteiger partial charge >= 0.3 is 0 Å². The highest BCUT2D eigenvalue weighted by molar-refractivity contribution is 9.10. The van der Waals surface area contributed by atoms with Crippen LogP contribution in [-0.2, 0) is 5.54 Å². The maximum Gasteiger partial charge on any atom is 0.138 e. The van der Waals surface area contributed by atoms with Crippen molar-refractivity contribution in [1.29, 1.82) is 0 Å². The van der Waals surface area contributed by atoms with Gasteiger partial charge in [-0.15, -0.1) is 0 Å². The molecule has 1 aromatic rings. The minimum Gasteiger partial charge on any atom is -0.495 e. The van der Waals surface area contributed by atoms with Crippen LogP contribution in [0.5, 0.6) is 5.75 Å². The largest absolute Gasteiger partial charge is 0.495 e. The first kappa shape index (κ1) is 12.9. The molecule has 1 heterocycles. The fraction of sp³-hybridized carbons (Fsp3) is 0.571. The van der Waals surface area contributed by atoms with Gasteiger partial charge in [0.05, 0.1) is 11.6 Å². The van der Waals surface area contributed by atoms with E-state index in [2.05, 4.69) is 48.1 Å². The van der Waals surface area contributed by atoms with E-state index < -0.39 is 0 Å².